The second-order valence-corrected chi connectivity index (χ2v) is 10.0. The Balaban J connectivity index is 1.59. The first-order valence-electron chi connectivity index (χ1n) is 8.90. The summed E-state index contributed by atoms with van der Waals surface area (Å²) in [5, 5.41) is 3.76. The van der Waals surface area contributed by atoms with Crippen molar-refractivity contribution in [1.82, 2.24) is 9.21 Å². The highest BCUT2D eigenvalue weighted by Crippen LogP contribution is 2.32. The van der Waals surface area contributed by atoms with Gasteiger partial charge in [0.15, 0.2) is 0 Å². The molecular formula is C19H25N3O3S2. The highest BCUT2D eigenvalue weighted by atomic mass is 32.2. The van der Waals surface area contributed by atoms with Gasteiger partial charge in [0.2, 0.25) is 10.0 Å². The number of sulfonamides is 1. The first-order valence-corrected chi connectivity index (χ1v) is 11.6. The highest BCUT2D eigenvalue weighted by Gasteiger charge is 2.29. The molecule has 2 aromatic rings. The van der Waals surface area contributed by atoms with E-state index in [-0.39, 0.29) is 12.1 Å². The number of carbonyl (C=O) groups excluding carboxylic acids is 1. The van der Waals surface area contributed by atoms with Crippen molar-refractivity contribution in [3.63, 3.8) is 0 Å². The summed E-state index contributed by atoms with van der Waals surface area (Å²) >= 11 is 1.54. The number of anilines is 1. The zero-order valence-corrected chi connectivity index (χ0v) is 17.4. The maximum Gasteiger partial charge on any atom is 0.322 e. The van der Waals surface area contributed by atoms with Crippen LogP contribution in [0.3, 0.4) is 0 Å². The fourth-order valence-electron chi connectivity index (χ4n) is 3.28. The Labute approximate surface area is 164 Å². The van der Waals surface area contributed by atoms with Crippen molar-refractivity contribution >= 4 is 32.4 Å². The summed E-state index contributed by atoms with van der Waals surface area (Å²) in [6, 6.07) is 12.1. The lowest BCUT2D eigenvalue weighted by Gasteiger charge is -2.35. The van der Waals surface area contributed by atoms with Gasteiger partial charge >= 0.3 is 6.03 Å². The van der Waals surface area contributed by atoms with Crippen molar-refractivity contribution in [2.24, 2.45) is 0 Å². The van der Waals surface area contributed by atoms with Crippen molar-refractivity contribution in [3.8, 4) is 10.4 Å². The normalized spacial score (nSPS) is 16.3. The predicted octanol–water partition coefficient (Wildman–Crippen LogP) is 3.61. The second kappa shape index (κ2) is 8.00. The number of aryl methyl sites for hydroxylation is 1. The zero-order valence-electron chi connectivity index (χ0n) is 15.8. The molecule has 2 heterocycles. The van der Waals surface area contributed by atoms with Crippen LogP contribution in [0.5, 0.6) is 0 Å². The second-order valence-electron chi connectivity index (χ2n) is 6.97. The number of amides is 2. The van der Waals surface area contributed by atoms with Crippen LogP contribution in [-0.4, -0.2) is 56.1 Å². The third-order valence-electron chi connectivity index (χ3n) is 4.90. The quantitative estimate of drug-likeness (QED) is 0.842. The van der Waals surface area contributed by atoms with Crippen molar-refractivity contribution in [1.29, 1.82) is 0 Å². The minimum Gasteiger partial charge on any atom is -0.324 e. The van der Waals surface area contributed by atoms with Gasteiger partial charge in [-0.2, -0.15) is 0 Å². The molecule has 3 rings (SSSR count). The lowest BCUT2D eigenvalue weighted by Crippen LogP contribution is -2.48. The molecule has 0 aliphatic carbocycles. The van der Waals surface area contributed by atoms with Crippen LogP contribution < -0.4 is 5.32 Å². The topological polar surface area (TPSA) is 69.7 Å². The van der Waals surface area contributed by atoms with Crippen LogP contribution in [0.2, 0.25) is 0 Å². The molecule has 8 heteroatoms. The maximum absolute atomic E-state index is 12.6. The van der Waals surface area contributed by atoms with E-state index in [4.69, 9.17) is 0 Å². The maximum atomic E-state index is 12.6. The van der Waals surface area contributed by atoms with Gasteiger partial charge in [-0.3, -0.25) is 5.32 Å². The fraction of sp³-hybridized carbons (Fsp3) is 0.421. The predicted molar refractivity (Wildman–Crippen MR) is 111 cm³/mol. The summed E-state index contributed by atoms with van der Waals surface area (Å²) in [4.78, 5) is 15.4. The van der Waals surface area contributed by atoms with E-state index in [1.165, 1.54) is 16.1 Å². The van der Waals surface area contributed by atoms with Gasteiger partial charge < -0.3 is 4.90 Å². The standard InChI is InChI=1S/C19H25N3O3S2/c1-14-5-4-6-15(13-14)17-7-8-18(26-17)20-19(23)21(2)16-9-11-22(12-10-16)27(3,24)25/h4-8,13,16H,9-12H2,1-3H3,(H,20,23). The third kappa shape index (κ3) is 4.88. The summed E-state index contributed by atoms with van der Waals surface area (Å²) in [5.41, 5.74) is 2.34. The molecule has 1 fully saturated rings. The first-order chi connectivity index (χ1) is 12.7. The van der Waals surface area contributed by atoms with Gasteiger partial charge in [0, 0.05) is 31.1 Å². The van der Waals surface area contributed by atoms with Gasteiger partial charge in [-0.05, 0) is 37.5 Å². The molecule has 0 spiro atoms. The molecule has 1 N–H and O–H groups in total. The summed E-state index contributed by atoms with van der Waals surface area (Å²) < 4.78 is 24.7. The van der Waals surface area contributed by atoms with E-state index in [9.17, 15) is 13.2 Å². The van der Waals surface area contributed by atoms with E-state index < -0.39 is 10.0 Å². The Bertz CT molecular complexity index is 916. The molecule has 1 aliphatic heterocycles. The molecule has 1 saturated heterocycles. The van der Waals surface area contributed by atoms with Gasteiger partial charge in [-0.1, -0.05) is 29.8 Å². The van der Waals surface area contributed by atoms with E-state index in [1.54, 1.807) is 23.3 Å². The van der Waals surface area contributed by atoms with Crippen LogP contribution in [0.15, 0.2) is 36.4 Å². The molecule has 0 unspecified atom stereocenters. The number of piperidine rings is 1. The Kier molecular flexibility index (Phi) is 5.88. The van der Waals surface area contributed by atoms with Crippen LogP contribution >= 0.6 is 11.3 Å². The van der Waals surface area contributed by atoms with Gasteiger partial charge in [-0.25, -0.2) is 17.5 Å². The molecular weight excluding hydrogens is 382 g/mol. The van der Waals surface area contributed by atoms with Crippen molar-refractivity contribution in [2.75, 3.05) is 31.7 Å². The summed E-state index contributed by atoms with van der Waals surface area (Å²) in [5.74, 6) is 0. The average molecular weight is 408 g/mol. The smallest absolute Gasteiger partial charge is 0.322 e. The number of urea groups is 1. The van der Waals surface area contributed by atoms with Crippen LogP contribution in [0, 0.1) is 6.92 Å². The number of hydrogen-bond donors (Lipinski definition) is 1. The first kappa shape index (κ1) is 19.9. The lowest BCUT2D eigenvalue weighted by atomic mass is 10.1. The molecule has 6 nitrogen and oxygen atoms in total. The van der Waals surface area contributed by atoms with Crippen LogP contribution in [-0.2, 0) is 10.0 Å². The average Bonchev–Trinajstić information content (AvgIpc) is 3.09. The van der Waals surface area contributed by atoms with Gasteiger partial charge in [0.05, 0.1) is 11.3 Å². The van der Waals surface area contributed by atoms with Gasteiger partial charge in [-0.15, -0.1) is 11.3 Å². The SMILES string of the molecule is Cc1cccc(-c2ccc(NC(=O)N(C)C3CCN(S(C)(=O)=O)CC3)s2)c1. The fourth-order valence-corrected chi connectivity index (χ4v) is 5.05. The monoisotopic (exact) mass is 407 g/mol. The third-order valence-corrected chi connectivity index (χ3v) is 7.25. The molecule has 27 heavy (non-hydrogen) atoms. The molecule has 2 amide bonds. The number of hydrogen-bond acceptors (Lipinski definition) is 4. The Morgan fingerprint density at radius 2 is 1.93 bits per heavy atom. The number of rotatable bonds is 4. The summed E-state index contributed by atoms with van der Waals surface area (Å²) in [6.07, 6.45) is 2.53. The van der Waals surface area contributed by atoms with Crippen LogP contribution in [0.1, 0.15) is 18.4 Å². The van der Waals surface area contributed by atoms with E-state index in [1.807, 2.05) is 18.2 Å². The molecule has 0 atom stereocenters. The Morgan fingerprint density at radius 3 is 2.56 bits per heavy atom. The zero-order chi connectivity index (χ0) is 19.6. The van der Waals surface area contributed by atoms with Crippen molar-refractivity contribution < 1.29 is 13.2 Å². The van der Waals surface area contributed by atoms with E-state index in [0.717, 1.165) is 15.4 Å². The van der Waals surface area contributed by atoms with E-state index >= 15 is 0 Å². The summed E-state index contributed by atoms with van der Waals surface area (Å²) in [6.45, 7) is 2.97. The van der Waals surface area contributed by atoms with Gasteiger partial charge in [0.25, 0.3) is 0 Å². The lowest BCUT2D eigenvalue weighted by molar-refractivity contribution is 0.174. The molecule has 1 aromatic heterocycles. The van der Waals surface area contributed by atoms with Crippen molar-refractivity contribution in [2.45, 2.75) is 25.8 Å². The Morgan fingerprint density at radius 1 is 1.22 bits per heavy atom. The van der Waals surface area contributed by atoms with E-state index in [0.29, 0.717) is 25.9 Å². The van der Waals surface area contributed by atoms with E-state index in [2.05, 4.69) is 30.4 Å². The number of carbonyl (C=O) groups is 1. The molecule has 1 aliphatic rings. The number of nitrogens with one attached hydrogen (secondary N) is 1. The number of nitrogens with zero attached hydrogens (tertiary/aromatic N) is 2. The van der Waals surface area contributed by atoms with Crippen LogP contribution in [0.25, 0.3) is 10.4 Å². The largest absolute Gasteiger partial charge is 0.324 e. The number of benzene rings is 1. The molecule has 0 saturated carbocycles. The molecule has 1 aromatic carbocycles. The molecule has 146 valence electrons. The summed E-state index contributed by atoms with van der Waals surface area (Å²) in [7, 11) is -1.39. The van der Waals surface area contributed by atoms with Crippen LogP contribution in [0.4, 0.5) is 9.80 Å². The highest BCUT2D eigenvalue weighted by molar-refractivity contribution is 7.88. The minimum absolute atomic E-state index is 0.0409. The molecule has 0 radical (unpaired) electrons. The number of thiophene rings is 1. The Hall–Kier alpha value is -1.90. The van der Waals surface area contributed by atoms with Gasteiger partial charge in [0.1, 0.15) is 0 Å². The molecule has 0 bridgehead atoms. The van der Waals surface area contributed by atoms with Crippen molar-refractivity contribution in [3.05, 3.63) is 42.0 Å². The minimum atomic E-state index is -3.15.